The van der Waals surface area contributed by atoms with Crippen molar-refractivity contribution >= 4 is 17.6 Å². The summed E-state index contributed by atoms with van der Waals surface area (Å²) in [5.41, 5.74) is 7.15. The average molecular weight is 250 g/mol. The Kier molecular flexibility index (Phi) is 5.32. The molecule has 0 bridgehead atoms. The van der Waals surface area contributed by atoms with E-state index in [9.17, 15) is 9.59 Å². The highest BCUT2D eigenvalue weighted by molar-refractivity contribution is 5.94. The molecule has 0 saturated heterocycles. The van der Waals surface area contributed by atoms with Crippen molar-refractivity contribution in [2.75, 3.05) is 12.4 Å². The largest absolute Gasteiger partial charge is 0.469 e. The Morgan fingerprint density at radius 3 is 2.44 bits per heavy atom. The van der Waals surface area contributed by atoms with E-state index in [4.69, 9.17) is 5.73 Å². The summed E-state index contributed by atoms with van der Waals surface area (Å²) in [6.45, 7) is 1.63. The second kappa shape index (κ2) is 6.76. The summed E-state index contributed by atoms with van der Waals surface area (Å²) in [6, 6.07) is 6.75. The van der Waals surface area contributed by atoms with Crippen molar-refractivity contribution in [3.63, 3.8) is 0 Å². The molecule has 5 nitrogen and oxygen atoms in total. The molecule has 5 heteroatoms. The van der Waals surface area contributed by atoms with E-state index in [1.165, 1.54) is 7.11 Å². The molecule has 0 aliphatic heterocycles. The number of carbonyl (C=O) groups excluding carboxylic acids is 2. The van der Waals surface area contributed by atoms with E-state index in [2.05, 4.69) is 10.1 Å². The maximum absolute atomic E-state index is 11.4. The SMILES string of the molecule is COC(=O)CCc1ccc(NC(=O)[C@H](C)N)cc1. The lowest BCUT2D eigenvalue weighted by atomic mass is 10.1. The molecule has 1 amide bonds. The number of aryl methyl sites for hydroxylation is 1. The van der Waals surface area contributed by atoms with Crippen LogP contribution in [-0.4, -0.2) is 25.0 Å². The zero-order chi connectivity index (χ0) is 13.5. The van der Waals surface area contributed by atoms with Crippen LogP contribution in [0.2, 0.25) is 0 Å². The summed E-state index contributed by atoms with van der Waals surface area (Å²) < 4.78 is 4.56. The first-order valence-corrected chi connectivity index (χ1v) is 5.75. The number of nitrogens with one attached hydrogen (secondary N) is 1. The summed E-state index contributed by atoms with van der Waals surface area (Å²) >= 11 is 0. The van der Waals surface area contributed by atoms with Crippen molar-refractivity contribution in [3.05, 3.63) is 29.8 Å². The monoisotopic (exact) mass is 250 g/mol. The van der Waals surface area contributed by atoms with Crippen molar-refractivity contribution in [2.24, 2.45) is 5.73 Å². The van der Waals surface area contributed by atoms with Crippen LogP contribution in [0.25, 0.3) is 0 Å². The van der Waals surface area contributed by atoms with Gasteiger partial charge in [0.05, 0.1) is 13.2 Å². The minimum absolute atomic E-state index is 0.225. The molecule has 0 radical (unpaired) electrons. The number of benzene rings is 1. The Morgan fingerprint density at radius 2 is 1.94 bits per heavy atom. The van der Waals surface area contributed by atoms with Gasteiger partial charge in [0.15, 0.2) is 0 Å². The smallest absolute Gasteiger partial charge is 0.305 e. The van der Waals surface area contributed by atoms with Gasteiger partial charge in [-0.1, -0.05) is 12.1 Å². The molecule has 0 aliphatic rings. The fourth-order valence-corrected chi connectivity index (χ4v) is 1.36. The minimum Gasteiger partial charge on any atom is -0.469 e. The lowest BCUT2D eigenvalue weighted by molar-refractivity contribution is -0.140. The van der Waals surface area contributed by atoms with E-state index in [1.54, 1.807) is 19.1 Å². The summed E-state index contributed by atoms with van der Waals surface area (Å²) in [5, 5.41) is 2.69. The van der Waals surface area contributed by atoms with E-state index < -0.39 is 6.04 Å². The molecule has 1 rings (SSSR count). The summed E-state index contributed by atoms with van der Waals surface area (Å²) in [5.74, 6) is -0.457. The lowest BCUT2D eigenvalue weighted by Gasteiger charge is -2.08. The van der Waals surface area contributed by atoms with Gasteiger partial charge in [-0.05, 0) is 31.0 Å². The molecular weight excluding hydrogens is 232 g/mol. The number of rotatable bonds is 5. The van der Waals surface area contributed by atoms with Gasteiger partial charge >= 0.3 is 5.97 Å². The summed E-state index contributed by atoms with van der Waals surface area (Å²) in [4.78, 5) is 22.3. The van der Waals surface area contributed by atoms with E-state index in [0.717, 1.165) is 5.56 Å². The third-order valence-corrected chi connectivity index (χ3v) is 2.48. The van der Waals surface area contributed by atoms with Crippen molar-refractivity contribution in [1.29, 1.82) is 0 Å². The molecule has 0 aromatic heterocycles. The van der Waals surface area contributed by atoms with Crippen LogP contribution in [0.3, 0.4) is 0 Å². The number of hydrogen-bond acceptors (Lipinski definition) is 4. The fourth-order valence-electron chi connectivity index (χ4n) is 1.36. The first-order valence-electron chi connectivity index (χ1n) is 5.75. The highest BCUT2D eigenvalue weighted by Gasteiger charge is 2.07. The molecule has 0 heterocycles. The minimum atomic E-state index is -0.538. The van der Waals surface area contributed by atoms with Crippen LogP contribution in [0.15, 0.2) is 24.3 Å². The first-order chi connectivity index (χ1) is 8.52. The normalized spacial score (nSPS) is 11.7. The third kappa shape index (κ3) is 4.55. The molecule has 1 aromatic carbocycles. The number of esters is 1. The molecular formula is C13H18N2O3. The molecule has 0 spiro atoms. The van der Waals surface area contributed by atoms with Gasteiger partial charge in [0.2, 0.25) is 5.91 Å². The fraction of sp³-hybridized carbons (Fsp3) is 0.385. The van der Waals surface area contributed by atoms with Crippen LogP contribution < -0.4 is 11.1 Å². The van der Waals surface area contributed by atoms with E-state index in [1.807, 2.05) is 12.1 Å². The van der Waals surface area contributed by atoms with Crippen LogP contribution in [0.5, 0.6) is 0 Å². The molecule has 3 N–H and O–H groups in total. The summed E-state index contributed by atoms with van der Waals surface area (Å²) in [6.07, 6.45) is 0.968. The first kappa shape index (κ1) is 14.2. The molecule has 1 atom stereocenters. The van der Waals surface area contributed by atoms with Gasteiger partial charge in [0, 0.05) is 12.1 Å². The number of hydrogen-bond donors (Lipinski definition) is 2. The number of carbonyl (C=O) groups is 2. The highest BCUT2D eigenvalue weighted by Crippen LogP contribution is 2.11. The number of ether oxygens (including phenoxy) is 1. The van der Waals surface area contributed by atoms with Gasteiger partial charge in [-0.2, -0.15) is 0 Å². The van der Waals surface area contributed by atoms with Crippen LogP contribution in [0, 0.1) is 0 Å². The molecule has 0 aliphatic carbocycles. The van der Waals surface area contributed by atoms with Gasteiger partial charge in [-0.15, -0.1) is 0 Å². The van der Waals surface area contributed by atoms with Crippen LogP contribution in [0.1, 0.15) is 18.9 Å². The van der Waals surface area contributed by atoms with E-state index >= 15 is 0 Å². The molecule has 1 aromatic rings. The van der Waals surface area contributed by atoms with Crippen molar-refractivity contribution in [1.82, 2.24) is 0 Å². The Labute approximate surface area is 106 Å². The van der Waals surface area contributed by atoms with Crippen molar-refractivity contribution in [3.8, 4) is 0 Å². The van der Waals surface area contributed by atoms with Gasteiger partial charge in [0.1, 0.15) is 0 Å². The lowest BCUT2D eigenvalue weighted by Crippen LogP contribution is -2.32. The maximum atomic E-state index is 11.4. The Morgan fingerprint density at radius 1 is 1.33 bits per heavy atom. The predicted octanol–water partition coefficient (Wildman–Crippen LogP) is 1.08. The quantitative estimate of drug-likeness (QED) is 0.766. The standard InChI is InChI=1S/C13H18N2O3/c1-9(14)13(17)15-11-6-3-10(4-7-11)5-8-12(16)18-2/h3-4,6-7,9H,5,8,14H2,1-2H3,(H,15,17)/t9-/m0/s1. The highest BCUT2D eigenvalue weighted by atomic mass is 16.5. The maximum Gasteiger partial charge on any atom is 0.305 e. The number of amides is 1. The van der Waals surface area contributed by atoms with Gasteiger partial charge in [-0.3, -0.25) is 9.59 Å². The number of nitrogens with two attached hydrogens (primary N) is 1. The number of anilines is 1. The third-order valence-electron chi connectivity index (χ3n) is 2.48. The van der Waals surface area contributed by atoms with Gasteiger partial charge in [0.25, 0.3) is 0 Å². The summed E-state index contributed by atoms with van der Waals surface area (Å²) in [7, 11) is 1.37. The van der Waals surface area contributed by atoms with Gasteiger partial charge in [-0.25, -0.2) is 0 Å². The molecule has 0 saturated carbocycles. The van der Waals surface area contributed by atoms with Crippen LogP contribution in [0.4, 0.5) is 5.69 Å². The Hall–Kier alpha value is -1.88. The van der Waals surface area contributed by atoms with Crippen LogP contribution in [-0.2, 0) is 20.7 Å². The van der Waals surface area contributed by atoms with Crippen molar-refractivity contribution in [2.45, 2.75) is 25.8 Å². The zero-order valence-corrected chi connectivity index (χ0v) is 10.6. The Bertz CT molecular complexity index is 413. The predicted molar refractivity (Wildman–Crippen MR) is 69.1 cm³/mol. The second-order valence-electron chi connectivity index (χ2n) is 4.05. The zero-order valence-electron chi connectivity index (χ0n) is 10.6. The topological polar surface area (TPSA) is 81.4 Å². The average Bonchev–Trinajstić information content (AvgIpc) is 2.37. The van der Waals surface area contributed by atoms with E-state index in [0.29, 0.717) is 18.5 Å². The molecule has 98 valence electrons. The Balaban J connectivity index is 2.52. The molecule has 18 heavy (non-hydrogen) atoms. The van der Waals surface area contributed by atoms with Crippen LogP contribution >= 0.6 is 0 Å². The second-order valence-corrected chi connectivity index (χ2v) is 4.05. The van der Waals surface area contributed by atoms with Gasteiger partial charge < -0.3 is 15.8 Å². The van der Waals surface area contributed by atoms with Crippen molar-refractivity contribution < 1.29 is 14.3 Å². The molecule has 0 fully saturated rings. The van der Waals surface area contributed by atoms with E-state index in [-0.39, 0.29) is 11.9 Å². The molecule has 0 unspecified atom stereocenters. The number of methoxy groups -OCH3 is 1.